The molecule has 154 valence electrons. The number of likely N-dealkylation sites (N-methyl/N-ethyl adjacent to an activating group) is 1. The number of nitrogens with one attached hydrogen (secondary N) is 1. The summed E-state index contributed by atoms with van der Waals surface area (Å²) in [6.07, 6.45) is 4.45. The Bertz CT molecular complexity index is 932. The zero-order valence-corrected chi connectivity index (χ0v) is 17.1. The van der Waals surface area contributed by atoms with E-state index < -0.39 is 0 Å². The molecule has 1 aliphatic heterocycles. The zero-order valence-electron chi connectivity index (χ0n) is 17.1. The van der Waals surface area contributed by atoms with Crippen LogP contribution in [0.2, 0.25) is 0 Å². The van der Waals surface area contributed by atoms with Crippen LogP contribution in [0.4, 0.5) is 5.69 Å². The summed E-state index contributed by atoms with van der Waals surface area (Å²) in [7, 11) is 2.00. The third-order valence-corrected chi connectivity index (χ3v) is 5.63. The minimum absolute atomic E-state index is 0.0628. The fourth-order valence-corrected chi connectivity index (χ4v) is 4.07. The van der Waals surface area contributed by atoms with Crippen molar-refractivity contribution in [1.29, 1.82) is 5.26 Å². The Morgan fingerprint density at radius 1 is 1.48 bits per heavy atom. The molecule has 1 fully saturated rings. The van der Waals surface area contributed by atoms with Gasteiger partial charge in [-0.2, -0.15) is 5.26 Å². The largest absolute Gasteiger partial charge is 0.466 e. The van der Waals surface area contributed by atoms with E-state index >= 15 is 0 Å². The highest BCUT2D eigenvalue weighted by molar-refractivity contribution is 5.93. The van der Waals surface area contributed by atoms with Gasteiger partial charge < -0.3 is 19.5 Å². The normalized spacial score (nSPS) is 19.0. The number of nitrogens with zero attached hydrogens (tertiary/aromatic N) is 4. The van der Waals surface area contributed by atoms with Crippen molar-refractivity contribution in [2.75, 3.05) is 31.6 Å². The number of hydrogen-bond acceptors (Lipinski definition) is 6. The van der Waals surface area contributed by atoms with Crippen molar-refractivity contribution in [3.8, 4) is 6.07 Å². The molecule has 1 N–H and O–H groups in total. The SMILES string of the molecule is CCOC(=O)Cc1cnc2[nH]ccc2c1N(C)[C@H]1CN(C(=O)CC#N)CC[C@H]1C. The van der Waals surface area contributed by atoms with Gasteiger partial charge >= 0.3 is 5.97 Å². The van der Waals surface area contributed by atoms with E-state index in [2.05, 4.69) is 21.8 Å². The van der Waals surface area contributed by atoms with E-state index in [0.29, 0.717) is 25.6 Å². The highest BCUT2D eigenvalue weighted by atomic mass is 16.5. The lowest BCUT2D eigenvalue weighted by molar-refractivity contribution is -0.142. The van der Waals surface area contributed by atoms with E-state index in [1.54, 1.807) is 18.0 Å². The zero-order chi connectivity index (χ0) is 21.0. The van der Waals surface area contributed by atoms with Crippen molar-refractivity contribution < 1.29 is 14.3 Å². The van der Waals surface area contributed by atoms with Gasteiger partial charge in [-0.05, 0) is 25.3 Å². The molecule has 0 saturated carbocycles. The summed E-state index contributed by atoms with van der Waals surface area (Å²) in [5.74, 6) is -0.0730. The maximum absolute atomic E-state index is 12.3. The van der Waals surface area contributed by atoms with Crippen LogP contribution in [-0.2, 0) is 20.7 Å². The number of carbonyl (C=O) groups is 2. The second-order valence-electron chi connectivity index (χ2n) is 7.47. The molecule has 8 heteroatoms. The molecule has 29 heavy (non-hydrogen) atoms. The molecule has 2 atom stereocenters. The minimum Gasteiger partial charge on any atom is -0.466 e. The third kappa shape index (κ3) is 4.34. The van der Waals surface area contributed by atoms with Gasteiger partial charge in [0, 0.05) is 49.5 Å². The summed E-state index contributed by atoms with van der Waals surface area (Å²) in [5, 5.41) is 9.80. The number of nitriles is 1. The predicted octanol–water partition coefficient (Wildman–Crippen LogP) is 2.26. The lowest BCUT2D eigenvalue weighted by Crippen LogP contribution is -2.52. The molecule has 1 amide bonds. The molecule has 0 aromatic carbocycles. The van der Waals surface area contributed by atoms with Gasteiger partial charge in [-0.3, -0.25) is 9.59 Å². The van der Waals surface area contributed by atoms with Crippen molar-refractivity contribution in [2.45, 2.75) is 39.2 Å². The van der Waals surface area contributed by atoms with Crippen molar-refractivity contribution in [2.24, 2.45) is 5.92 Å². The van der Waals surface area contributed by atoms with Crippen LogP contribution in [-0.4, -0.2) is 59.5 Å². The van der Waals surface area contributed by atoms with E-state index in [9.17, 15) is 9.59 Å². The van der Waals surface area contributed by atoms with Gasteiger partial charge in [-0.25, -0.2) is 4.98 Å². The number of aromatic amines is 1. The first kappa shape index (κ1) is 20.6. The van der Waals surface area contributed by atoms with Crippen LogP contribution in [0.25, 0.3) is 11.0 Å². The Morgan fingerprint density at radius 2 is 2.28 bits per heavy atom. The predicted molar refractivity (Wildman–Crippen MR) is 109 cm³/mol. The Hall–Kier alpha value is -3.08. The van der Waals surface area contributed by atoms with Crippen LogP contribution in [0.5, 0.6) is 0 Å². The smallest absolute Gasteiger partial charge is 0.310 e. The topological polar surface area (TPSA) is 102 Å². The number of piperidine rings is 1. The van der Waals surface area contributed by atoms with Crippen molar-refractivity contribution >= 4 is 28.6 Å². The summed E-state index contributed by atoms with van der Waals surface area (Å²) in [4.78, 5) is 35.9. The summed E-state index contributed by atoms with van der Waals surface area (Å²) in [6, 6.07) is 3.96. The van der Waals surface area contributed by atoms with Crippen LogP contribution in [0, 0.1) is 17.2 Å². The summed E-state index contributed by atoms with van der Waals surface area (Å²) >= 11 is 0. The lowest BCUT2D eigenvalue weighted by atomic mass is 9.91. The Labute approximate surface area is 170 Å². The van der Waals surface area contributed by atoms with Gasteiger partial charge in [-0.15, -0.1) is 0 Å². The van der Waals surface area contributed by atoms with Crippen LogP contribution in [0.3, 0.4) is 0 Å². The average Bonchev–Trinajstić information content (AvgIpc) is 3.16. The van der Waals surface area contributed by atoms with Crippen LogP contribution < -0.4 is 4.90 Å². The summed E-state index contributed by atoms with van der Waals surface area (Å²) < 4.78 is 5.14. The van der Waals surface area contributed by atoms with Crippen LogP contribution in [0.15, 0.2) is 18.5 Å². The summed E-state index contributed by atoms with van der Waals surface area (Å²) in [6.45, 7) is 5.51. The summed E-state index contributed by atoms with van der Waals surface area (Å²) in [5.41, 5.74) is 2.47. The molecule has 0 radical (unpaired) electrons. The van der Waals surface area contributed by atoms with Gasteiger partial charge in [0.25, 0.3) is 0 Å². The fourth-order valence-electron chi connectivity index (χ4n) is 4.07. The number of hydrogen-bond donors (Lipinski definition) is 1. The quantitative estimate of drug-likeness (QED) is 0.750. The standard InChI is InChI=1S/C21H27N5O3/c1-4-29-19(28)11-15-12-24-21-16(6-9-23-21)20(15)25(3)17-13-26(10-7-14(17)2)18(27)5-8-22/h6,9,12,14,17H,4-5,7,10-11,13H2,1-3H3,(H,23,24)/t14-,17+/m1/s1. The molecule has 0 aliphatic carbocycles. The number of carbonyl (C=O) groups excluding carboxylic acids is 2. The van der Waals surface area contributed by atoms with E-state index in [1.807, 2.05) is 25.4 Å². The Balaban J connectivity index is 1.95. The molecule has 0 bridgehead atoms. The fraction of sp³-hybridized carbons (Fsp3) is 0.524. The van der Waals surface area contributed by atoms with Gasteiger partial charge in [0.2, 0.25) is 5.91 Å². The van der Waals surface area contributed by atoms with E-state index in [-0.39, 0.29) is 30.8 Å². The molecule has 1 saturated heterocycles. The number of anilines is 1. The first-order valence-corrected chi connectivity index (χ1v) is 9.94. The maximum atomic E-state index is 12.3. The average molecular weight is 397 g/mol. The first-order chi connectivity index (χ1) is 14.0. The van der Waals surface area contributed by atoms with Crippen molar-refractivity contribution in [3.63, 3.8) is 0 Å². The first-order valence-electron chi connectivity index (χ1n) is 9.94. The number of aromatic nitrogens is 2. The van der Waals surface area contributed by atoms with E-state index in [1.165, 1.54) is 0 Å². The number of likely N-dealkylation sites (tertiary alicyclic amines) is 1. The molecule has 2 aromatic heterocycles. The van der Waals surface area contributed by atoms with Gasteiger partial charge in [0.1, 0.15) is 12.1 Å². The third-order valence-electron chi connectivity index (χ3n) is 5.63. The molecule has 0 unspecified atom stereocenters. The molecular weight excluding hydrogens is 370 g/mol. The number of esters is 1. The maximum Gasteiger partial charge on any atom is 0.310 e. The van der Waals surface area contributed by atoms with Crippen LogP contribution in [0.1, 0.15) is 32.3 Å². The van der Waals surface area contributed by atoms with Gasteiger partial charge in [0.05, 0.1) is 24.8 Å². The second kappa shape index (κ2) is 8.95. The van der Waals surface area contributed by atoms with Crippen molar-refractivity contribution in [3.05, 3.63) is 24.0 Å². The highest BCUT2D eigenvalue weighted by Gasteiger charge is 2.33. The van der Waals surface area contributed by atoms with E-state index in [4.69, 9.17) is 10.00 Å². The molecule has 3 rings (SSSR count). The second-order valence-corrected chi connectivity index (χ2v) is 7.47. The Morgan fingerprint density at radius 3 is 3.00 bits per heavy atom. The molecule has 3 heterocycles. The minimum atomic E-state index is -0.290. The molecule has 2 aromatic rings. The number of amides is 1. The lowest BCUT2D eigenvalue weighted by Gasteiger charge is -2.43. The molecule has 8 nitrogen and oxygen atoms in total. The number of ether oxygens (including phenoxy) is 1. The van der Waals surface area contributed by atoms with Crippen LogP contribution >= 0.6 is 0 Å². The van der Waals surface area contributed by atoms with Gasteiger partial charge in [-0.1, -0.05) is 6.92 Å². The number of pyridine rings is 1. The number of H-pyrrole nitrogens is 1. The molecule has 0 spiro atoms. The number of rotatable bonds is 6. The Kier molecular flexibility index (Phi) is 6.37. The monoisotopic (exact) mass is 397 g/mol. The molecule has 1 aliphatic rings. The van der Waals surface area contributed by atoms with E-state index in [0.717, 1.165) is 28.7 Å². The molecular formula is C21H27N5O3. The van der Waals surface area contributed by atoms with Crippen molar-refractivity contribution in [1.82, 2.24) is 14.9 Å². The number of fused-ring (bicyclic) bond motifs is 1. The van der Waals surface area contributed by atoms with Gasteiger partial charge in [0.15, 0.2) is 0 Å². The highest BCUT2D eigenvalue weighted by Crippen LogP contribution is 2.34.